The summed E-state index contributed by atoms with van der Waals surface area (Å²) < 4.78 is 37.6. The van der Waals surface area contributed by atoms with Crippen molar-refractivity contribution in [3.63, 3.8) is 0 Å². The maximum absolute atomic E-state index is 12.1. The van der Waals surface area contributed by atoms with Gasteiger partial charge in [0.15, 0.2) is 17.7 Å². The van der Waals surface area contributed by atoms with Crippen LogP contribution in [-0.4, -0.2) is 75.0 Å². The molecule has 3 heterocycles. The Hall–Kier alpha value is -2.87. The molecule has 33 heavy (non-hydrogen) atoms. The Bertz CT molecular complexity index is 1180. The molecule has 180 valence electrons. The van der Waals surface area contributed by atoms with Gasteiger partial charge in [0.05, 0.1) is 19.0 Å². The third kappa shape index (κ3) is 5.05. The van der Waals surface area contributed by atoms with Crippen LogP contribution in [0, 0.1) is 18.3 Å². The Morgan fingerprint density at radius 1 is 1.42 bits per heavy atom. The number of nitrogens with one attached hydrogen (secondary N) is 1. The minimum Gasteiger partial charge on any atom is -0.387 e. The monoisotopic (exact) mass is 483 g/mol. The summed E-state index contributed by atoms with van der Waals surface area (Å²) in [6.45, 7) is 2.81. The smallest absolute Gasteiger partial charge is 0.362 e. The molecule has 1 fully saturated rings. The van der Waals surface area contributed by atoms with Gasteiger partial charge in [0, 0.05) is 0 Å². The molecule has 0 unspecified atom stereocenters. The summed E-state index contributed by atoms with van der Waals surface area (Å²) in [5.41, 5.74) is 11.9. The van der Waals surface area contributed by atoms with Crippen LogP contribution in [0.4, 0.5) is 5.82 Å². The lowest BCUT2D eigenvalue weighted by molar-refractivity contribution is -0.121. The van der Waals surface area contributed by atoms with Gasteiger partial charge in [0.2, 0.25) is 5.82 Å². The van der Waals surface area contributed by atoms with E-state index in [1.165, 1.54) is 10.9 Å². The standard InChI is InChI=1S/C18H25N7O7S/c1-4-8(3)11(19)17(28)24-33(29,30)31-6-9-13(26)14(27)18(32-9)25-7-21-12-15(20)22-10(5-2)23-16(12)25/h2,7-9,11,13-14,18,26-27H,4,6,19H2,1,3H3,(H,24,28)(H2,20,22,23)/t8-,9+,11-,13+,14+,18+/m0/s1. The van der Waals surface area contributed by atoms with Crippen LogP contribution in [0.3, 0.4) is 0 Å². The number of amides is 1. The van der Waals surface area contributed by atoms with Crippen LogP contribution in [0.15, 0.2) is 6.33 Å². The Kier molecular flexibility index (Phi) is 7.17. The zero-order chi connectivity index (χ0) is 24.5. The van der Waals surface area contributed by atoms with E-state index < -0.39 is 53.4 Å². The second-order valence-electron chi connectivity index (χ2n) is 7.56. The second kappa shape index (κ2) is 9.55. The number of imidazole rings is 1. The number of anilines is 1. The summed E-state index contributed by atoms with van der Waals surface area (Å²) in [6, 6.07) is -1.05. The highest BCUT2D eigenvalue weighted by Gasteiger charge is 2.45. The third-order valence-electron chi connectivity index (χ3n) is 5.36. The van der Waals surface area contributed by atoms with E-state index in [1.54, 1.807) is 18.6 Å². The molecule has 2 aromatic heterocycles. The van der Waals surface area contributed by atoms with Gasteiger partial charge in [0.25, 0.3) is 5.91 Å². The number of rotatable bonds is 8. The number of aliphatic hydroxyl groups excluding tert-OH is 2. The number of ether oxygens (including phenoxy) is 1. The number of terminal acetylenes is 1. The zero-order valence-corrected chi connectivity index (χ0v) is 18.6. The van der Waals surface area contributed by atoms with E-state index in [-0.39, 0.29) is 28.7 Å². The van der Waals surface area contributed by atoms with E-state index in [1.807, 2.05) is 0 Å². The maximum Gasteiger partial charge on any atom is 0.362 e. The van der Waals surface area contributed by atoms with Crippen LogP contribution in [-0.2, 0) is 24.0 Å². The normalized spacial score (nSPS) is 25.0. The number of carbonyl (C=O) groups is 1. The van der Waals surface area contributed by atoms with E-state index in [0.29, 0.717) is 6.42 Å². The number of hydrogen-bond donors (Lipinski definition) is 5. The first-order valence-electron chi connectivity index (χ1n) is 9.93. The predicted molar refractivity (Wildman–Crippen MR) is 114 cm³/mol. The maximum atomic E-state index is 12.1. The Balaban J connectivity index is 1.72. The summed E-state index contributed by atoms with van der Waals surface area (Å²) in [5.74, 6) is 1.05. The molecule has 1 amide bonds. The van der Waals surface area contributed by atoms with Crippen molar-refractivity contribution >= 4 is 33.2 Å². The Morgan fingerprint density at radius 3 is 2.76 bits per heavy atom. The van der Waals surface area contributed by atoms with Crippen molar-refractivity contribution in [2.24, 2.45) is 11.7 Å². The van der Waals surface area contributed by atoms with Crippen molar-refractivity contribution in [1.29, 1.82) is 0 Å². The van der Waals surface area contributed by atoms with Crippen molar-refractivity contribution in [1.82, 2.24) is 24.2 Å². The minimum atomic E-state index is -4.55. The lowest BCUT2D eigenvalue weighted by atomic mass is 10.00. The number of carbonyl (C=O) groups excluding carboxylic acids is 1. The van der Waals surface area contributed by atoms with Crippen molar-refractivity contribution in [3.05, 3.63) is 12.2 Å². The average Bonchev–Trinajstić information content (AvgIpc) is 3.32. The summed E-state index contributed by atoms with van der Waals surface area (Å²) in [5, 5.41) is 20.8. The molecular weight excluding hydrogens is 458 g/mol. The molecule has 0 radical (unpaired) electrons. The van der Waals surface area contributed by atoms with Gasteiger partial charge in [-0.05, 0) is 11.8 Å². The molecule has 1 aliphatic heterocycles. The quantitative estimate of drug-likeness (QED) is 0.252. The summed E-state index contributed by atoms with van der Waals surface area (Å²) in [7, 11) is -4.55. The molecule has 15 heteroatoms. The molecule has 6 atom stereocenters. The molecule has 1 aliphatic rings. The van der Waals surface area contributed by atoms with Crippen LogP contribution < -0.4 is 16.2 Å². The van der Waals surface area contributed by atoms with E-state index in [2.05, 4.69) is 20.9 Å². The van der Waals surface area contributed by atoms with Gasteiger partial charge in [-0.2, -0.15) is 8.42 Å². The SMILES string of the molecule is C#Cc1nc(N)c2ncn([C@@H]3O[C@H](COS(=O)(=O)NC(=O)[C@@H](N)[C@@H](C)CC)[C@@H](O)[C@H]3O)c2n1. The number of aromatic nitrogens is 4. The Morgan fingerprint density at radius 2 is 2.12 bits per heavy atom. The zero-order valence-electron chi connectivity index (χ0n) is 17.8. The van der Waals surface area contributed by atoms with Gasteiger partial charge in [0.1, 0.15) is 23.8 Å². The highest BCUT2D eigenvalue weighted by Crippen LogP contribution is 2.32. The van der Waals surface area contributed by atoms with Crippen molar-refractivity contribution in [2.75, 3.05) is 12.3 Å². The molecular formula is C18H25N7O7S. The summed E-state index contributed by atoms with van der Waals surface area (Å²) in [4.78, 5) is 24.1. The fourth-order valence-corrected chi connectivity index (χ4v) is 3.93. The number of hydrogen-bond acceptors (Lipinski definition) is 12. The van der Waals surface area contributed by atoms with Gasteiger partial charge >= 0.3 is 10.3 Å². The van der Waals surface area contributed by atoms with Gasteiger partial charge in [-0.15, -0.1) is 6.42 Å². The summed E-state index contributed by atoms with van der Waals surface area (Å²) >= 11 is 0. The first kappa shape index (κ1) is 24.8. The average molecular weight is 484 g/mol. The number of nitrogen functional groups attached to an aromatic ring is 1. The third-order valence-corrected chi connectivity index (χ3v) is 6.26. The molecule has 2 aromatic rings. The first-order valence-corrected chi connectivity index (χ1v) is 11.3. The van der Waals surface area contributed by atoms with Crippen LogP contribution in [0.5, 0.6) is 0 Å². The van der Waals surface area contributed by atoms with Gasteiger partial charge in [-0.1, -0.05) is 20.3 Å². The molecule has 1 saturated heterocycles. The van der Waals surface area contributed by atoms with Crippen LogP contribution >= 0.6 is 0 Å². The molecule has 0 aliphatic carbocycles. The molecule has 3 rings (SSSR count). The van der Waals surface area contributed by atoms with E-state index in [0.717, 1.165) is 0 Å². The number of fused-ring (bicyclic) bond motifs is 1. The number of aliphatic hydroxyl groups is 2. The van der Waals surface area contributed by atoms with Crippen LogP contribution in [0.25, 0.3) is 11.2 Å². The highest BCUT2D eigenvalue weighted by atomic mass is 32.2. The van der Waals surface area contributed by atoms with Crippen LogP contribution in [0.1, 0.15) is 32.3 Å². The van der Waals surface area contributed by atoms with E-state index in [4.69, 9.17) is 26.8 Å². The topological polar surface area (TPSA) is 218 Å². The molecule has 0 saturated carbocycles. The van der Waals surface area contributed by atoms with Crippen molar-refractivity contribution < 1.29 is 32.3 Å². The fourth-order valence-electron chi connectivity index (χ4n) is 3.18. The minimum absolute atomic E-state index is 0.0112. The lowest BCUT2D eigenvalue weighted by Crippen LogP contribution is -2.47. The predicted octanol–water partition coefficient (Wildman–Crippen LogP) is -2.24. The highest BCUT2D eigenvalue weighted by molar-refractivity contribution is 7.85. The number of nitrogens with two attached hydrogens (primary N) is 2. The molecule has 7 N–H and O–H groups in total. The lowest BCUT2D eigenvalue weighted by Gasteiger charge is -2.18. The van der Waals surface area contributed by atoms with Crippen molar-refractivity contribution in [3.8, 4) is 12.3 Å². The van der Waals surface area contributed by atoms with Crippen LogP contribution in [0.2, 0.25) is 0 Å². The van der Waals surface area contributed by atoms with Crippen molar-refractivity contribution in [2.45, 2.75) is 50.8 Å². The molecule has 14 nitrogen and oxygen atoms in total. The largest absolute Gasteiger partial charge is 0.387 e. The molecule has 0 aromatic carbocycles. The van der Waals surface area contributed by atoms with Gasteiger partial charge in [-0.3, -0.25) is 13.5 Å². The van der Waals surface area contributed by atoms with E-state index >= 15 is 0 Å². The fraction of sp³-hybridized carbons (Fsp3) is 0.556. The second-order valence-corrected chi connectivity index (χ2v) is 8.91. The summed E-state index contributed by atoms with van der Waals surface area (Å²) in [6.07, 6.45) is 1.62. The molecule has 0 spiro atoms. The first-order chi connectivity index (χ1) is 15.5. The Labute approximate surface area is 189 Å². The van der Waals surface area contributed by atoms with E-state index in [9.17, 15) is 23.4 Å². The molecule has 0 bridgehead atoms. The van der Waals surface area contributed by atoms with Gasteiger partial charge < -0.3 is 26.4 Å². The van der Waals surface area contributed by atoms with Gasteiger partial charge in [-0.25, -0.2) is 19.7 Å². The number of nitrogens with zero attached hydrogens (tertiary/aromatic N) is 4.